The highest BCUT2D eigenvalue weighted by Gasteiger charge is 2.22. The standard InChI is InChI=1S/C9H7N3O2/c13-8-7(11-9(14)12-8)4-6-2-1-3-10-5-6/h1-5H,(H2,11,12,13,14)/b7-4-. The van der Waals surface area contributed by atoms with Crippen LogP contribution in [0.5, 0.6) is 0 Å². The lowest BCUT2D eigenvalue weighted by atomic mass is 10.2. The van der Waals surface area contributed by atoms with Crippen LogP contribution in [0.25, 0.3) is 6.08 Å². The molecule has 0 aromatic carbocycles. The Labute approximate surface area is 79.8 Å². The SMILES string of the molecule is O=C1NC(=O)/C(=C/c2cccnc2)N1. The first-order valence-corrected chi connectivity index (χ1v) is 4.00. The van der Waals surface area contributed by atoms with E-state index in [4.69, 9.17) is 0 Å². The molecule has 3 amide bonds. The summed E-state index contributed by atoms with van der Waals surface area (Å²) in [6.07, 6.45) is 4.80. The van der Waals surface area contributed by atoms with Gasteiger partial charge in [0.25, 0.3) is 5.91 Å². The number of hydrogen-bond donors (Lipinski definition) is 2. The second kappa shape index (κ2) is 3.29. The minimum atomic E-state index is -0.495. The van der Waals surface area contributed by atoms with Gasteiger partial charge in [0.05, 0.1) is 0 Å². The predicted molar refractivity (Wildman–Crippen MR) is 48.9 cm³/mol. The molecule has 0 bridgehead atoms. The Morgan fingerprint density at radius 3 is 2.71 bits per heavy atom. The van der Waals surface area contributed by atoms with Gasteiger partial charge in [0.2, 0.25) is 0 Å². The molecule has 1 aliphatic rings. The molecule has 0 radical (unpaired) electrons. The van der Waals surface area contributed by atoms with E-state index in [-0.39, 0.29) is 5.70 Å². The largest absolute Gasteiger partial charge is 0.326 e. The number of rotatable bonds is 1. The lowest BCUT2D eigenvalue weighted by Crippen LogP contribution is -2.22. The summed E-state index contributed by atoms with van der Waals surface area (Å²) in [6, 6.07) is 3.05. The van der Waals surface area contributed by atoms with E-state index in [2.05, 4.69) is 15.6 Å². The van der Waals surface area contributed by atoms with Crippen molar-refractivity contribution in [3.63, 3.8) is 0 Å². The molecule has 0 unspecified atom stereocenters. The minimum absolute atomic E-state index is 0.239. The first-order valence-electron chi connectivity index (χ1n) is 4.00. The Kier molecular flexibility index (Phi) is 1.98. The van der Waals surface area contributed by atoms with Crippen molar-refractivity contribution in [2.75, 3.05) is 0 Å². The molecule has 1 saturated heterocycles. The first-order chi connectivity index (χ1) is 6.75. The molecule has 0 aliphatic carbocycles. The fraction of sp³-hybridized carbons (Fsp3) is 0. The fourth-order valence-corrected chi connectivity index (χ4v) is 1.11. The van der Waals surface area contributed by atoms with Gasteiger partial charge in [-0.2, -0.15) is 0 Å². The summed E-state index contributed by atoms with van der Waals surface area (Å²) in [5, 5.41) is 4.50. The lowest BCUT2D eigenvalue weighted by molar-refractivity contribution is -0.115. The molecule has 14 heavy (non-hydrogen) atoms. The molecule has 0 atom stereocenters. The Morgan fingerprint density at radius 1 is 1.29 bits per heavy atom. The number of nitrogens with one attached hydrogen (secondary N) is 2. The second-order valence-electron chi connectivity index (χ2n) is 2.75. The van der Waals surface area contributed by atoms with E-state index in [9.17, 15) is 9.59 Å². The van der Waals surface area contributed by atoms with Crippen molar-refractivity contribution in [1.29, 1.82) is 0 Å². The topological polar surface area (TPSA) is 71.1 Å². The normalized spacial score (nSPS) is 18.1. The van der Waals surface area contributed by atoms with Gasteiger partial charge in [0.15, 0.2) is 0 Å². The third-order valence-corrected chi connectivity index (χ3v) is 1.72. The number of urea groups is 1. The van der Waals surface area contributed by atoms with Crippen molar-refractivity contribution in [3.05, 3.63) is 35.8 Å². The summed E-state index contributed by atoms with van der Waals surface area (Å²) in [5.74, 6) is -0.418. The molecule has 5 nitrogen and oxygen atoms in total. The zero-order chi connectivity index (χ0) is 9.97. The summed E-state index contributed by atoms with van der Waals surface area (Å²) in [4.78, 5) is 25.7. The minimum Gasteiger partial charge on any atom is -0.303 e. The van der Waals surface area contributed by atoms with E-state index in [1.54, 1.807) is 30.6 Å². The van der Waals surface area contributed by atoms with Crippen LogP contribution >= 0.6 is 0 Å². The maximum absolute atomic E-state index is 11.1. The maximum atomic E-state index is 11.1. The predicted octanol–water partition coefficient (Wildman–Crippen LogP) is 0.262. The van der Waals surface area contributed by atoms with Crippen molar-refractivity contribution < 1.29 is 9.59 Å². The monoisotopic (exact) mass is 189 g/mol. The Bertz CT molecular complexity index is 411. The van der Waals surface area contributed by atoms with E-state index in [1.165, 1.54) is 0 Å². The number of aromatic nitrogens is 1. The van der Waals surface area contributed by atoms with E-state index in [0.29, 0.717) is 0 Å². The van der Waals surface area contributed by atoms with Crippen LogP contribution in [-0.4, -0.2) is 16.9 Å². The molecular weight excluding hydrogens is 182 g/mol. The van der Waals surface area contributed by atoms with E-state index < -0.39 is 11.9 Å². The number of imide groups is 1. The number of carbonyl (C=O) groups excluding carboxylic acids is 2. The zero-order valence-corrected chi connectivity index (χ0v) is 7.15. The molecule has 2 heterocycles. The summed E-state index contributed by atoms with van der Waals surface area (Å²) >= 11 is 0. The van der Waals surface area contributed by atoms with Gasteiger partial charge in [0.1, 0.15) is 5.70 Å². The summed E-state index contributed by atoms with van der Waals surface area (Å²) in [7, 11) is 0. The summed E-state index contributed by atoms with van der Waals surface area (Å²) in [5.41, 5.74) is 1.00. The Hall–Kier alpha value is -2.17. The molecule has 70 valence electrons. The van der Waals surface area contributed by atoms with Crippen molar-refractivity contribution in [1.82, 2.24) is 15.6 Å². The van der Waals surface area contributed by atoms with Crippen LogP contribution in [0.15, 0.2) is 30.2 Å². The highest BCUT2D eigenvalue weighted by atomic mass is 16.2. The van der Waals surface area contributed by atoms with Gasteiger partial charge < -0.3 is 5.32 Å². The maximum Gasteiger partial charge on any atom is 0.326 e. The number of amides is 3. The van der Waals surface area contributed by atoms with Crippen LogP contribution in [0, 0.1) is 0 Å². The quantitative estimate of drug-likeness (QED) is 0.491. The highest BCUT2D eigenvalue weighted by Crippen LogP contribution is 2.05. The molecule has 2 rings (SSSR count). The van der Waals surface area contributed by atoms with Gasteiger partial charge in [-0.15, -0.1) is 0 Å². The highest BCUT2D eigenvalue weighted by molar-refractivity contribution is 6.13. The molecule has 1 aromatic rings. The van der Waals surface area contributed by atoms with Gasteiger partial charge in [-0.3, -0.25) is 15.1 Å². The van der Waals surface area contributed by atoms with Crippen LogP contribution in [0.4, 0.5) is 4.79 Å². The zero-order valence-electron chi connectivity index (χ0n) is 7.15. The molecule has 0 spiro atoms. The van der Waals surface area contributed by atoms with E-state index >= 15 is 0 Å². The number of pyridine rings is 1. The van der Waals surface area contributed by atoms with Crippen molar-refractivity contribution in [2.45, 2.75) is 0 Å². The third-order valence-electron chi connectivity index (χ3n) is 1.72. The molecule has 1 fully saturated rings. The van der Waals surface area contributed by atoms with Gasteiger partial charge in [0, 0.05) is 12.4 Å². The molecule has 0 saturated carbocycles. The van der Waals surface area contributed by atoms with E-state index in [0.717, 1.165) is 5.56 Å². The lowest BCUT2D eigenvalue weighted by Gasteiger charge is -1.93. The number of carbonyl (C=O) groups is 2. The van der Waals surface area contributed by atoms with Crippen molar-refractivity contribution in [2.24, 2.45) is 0 Å². The number of hydrogen-bond acceptors (Lipinski definition) is 3. The van der Waals surface area contributed by atoms with Gasteiger partial charge in [-0.25, -0.2) is 4.79 Å². The summed E-state index contributed by atoms with van der Waals surface area (Å²) < 4.78 is 0. The average molecular weight is 189 g/mol. The molecule has 2 N–H and O–H groups in total. The second-order valence-corrected chi connectivity index (χ2v) is 2.75. The first kappa shape index (κ1) is 8.43. The van der Waals surface area contributed by atoms with E-state index in [1.807, 2.05) is 0 Å². The molecule has 1 aromatic heterocycles. The Morgan fingerprint density at radius 2 is 2.14 bits per heavy atom. The van der Waals surface area contributed by atoms with Gasteiger partial charge >= 0.3 is 6.03 Å². The Balaban J connectivity index is 2.28. The van der Waals surface area contributed by atoms with Crippen LogP contribution < -0.4 is 10.6 Å². The van der Waals surface area contributed by atoms with Crippen molar-refractivity contribution in [3.8, 4) is 0 Å². The summed E-state index contributed by atoms with van der Waals surface area (Å²) in [6.45, 7) is 0. The smallest absolute Gasteiger partial charge is 0.303 e. The molecule has 1 aliphatic heterocycles. The fourth-order valence-electron chi connectivity index (χ4n) is 1.11. The van der Waals surface area contributed by atoms with Crippen molar-refractivity contribution >= 4 is 18.0 Å². The molecule has 5 heteroatoms. The van der Waals surface area contributed by atoms with Crippen LogP contribution in [-0.2, 0) is 4.79 Å². The van der Waals surface area contributed by atoms with Crippen LogP contribution in [0.3, 0.4) is 0 Å². The number of nitrogens with zero attached hydrogens (tertiary/aromatic N) is 1. The third kappa shape index (κ3) is 1.61. The van der Waals surface area contributed by atoms with Gasteiger partial charge in [-0.1, -0.05) is 6.07 Å². The van der Waals surface area contributed by atoms with Crippen LogP contribution in [0.1, 0.15) is 5.56 Å². The van der Waals surface area contributed by atoms with Crippen LogP contribution in [0.2, 0.25) is 0 Å². The average Bonchev–Trinajstić information content (AvgIpc) is 2.47. The molecular formula is C9H7N3O2. The van der Waals surface area contributed by atoms with Gasteiger partial charge in [-0.05, 0) is 17.7 Å².